The van der Waals surface area contributed by atoms with Crippen LogP contribution < -0.4 is 18.3 Å². The number of halogens is 12. The van der Waals surface area contributed by atoms with Crippen molar-refractivity contribution in [2.24, 2.45) is 0 Å². The van der Waals surface area contributed by atoms with Crippen molar-refractivity contribution in [1.82, 2.24) is 18.3 Å². The first-order chi connectivity index (χ1) is 23.5. The van der Waals surface area contributed by atoms with Crippen LogP contribution >= 0.6 is 15.6 Å². The minimum atomic E-state index is -10.7. The van der Waals surface area contributed by atoms with E-state index in [0.717, 1.165) is 52.4 Å². The molecular formula is C30H48Ag2F12N8P2. The number of rotatable bonds is 16. The van der Waals surface area contributed by atoms with Crippen molar-refractivity contribution in [3.8, 4) is 0 Å². The molecule has 0 spiro atoms. The molecule has 24 heteroatoms. The molecule has 0 bridgehead atoms. The van der Waals surface area contributed by atoms with Crippen LogP contribution in [0.4, 0.5) is 50.4 Å². The van der Waals surface area contributed by atoms with Gasteiger partial charge in [-0.25, -0.2) is 0 Å². The SMILES string of the molecule is CC[n+]1[c-]n(CCCCCn2[c-][n+](CC)cc2)cc1.CC[n+]1[c-]n(CCCCCn2[c-][n+](CC)cc2)cc1.F[P-](F)(F)(F)(F)F.F[P-](F)(F)(F)(F)F.[Ag+].[Ag+]. The van der Waals surface area contributed by atoms with Crippen LogP contribution in [0.5, 0.6) is 0 Å². The van der Waals surface area contributed by atoms with Crippen molar-refractivity contribution in [1.29, 1.82) is 0 Å². The van der Waals surface area contributed by atoms with Crippen LogP contribution in [0.2, 0.25) is 0 Å². The van der Waals surface area contributed by atoms with E-state index in [4.69, 9.17) is 0 Å². The second-order valence-electron chi connectivity index (χ2n) is 11.5. The standard InChI is InChI=1S/2C15H24N4.2Ag.2F6P/c2*1-3-16-10-12-18(14-16)8-6-5-7-9-19-13-11-17(4-2)15-19;;;2*1-7(2,3,4,5)6/h2*10-13H,3-9H2,1-2H3;;;;/q;;2*+1;2*-1. The van der Waals surface area contributed by atoms with E-state index in [1.807, 2.05) is 0 Å². The molecule has 0 saturated carbocycles. The molecule has 8 nitrogen and oxygen atoms in total. The molecule has 0 aromatic carbocycles. The summed E-state index contributed by atoms with van der Waals surface area (Å²) in [5, 5.41) is 0. The van der Waals surface area contributed by atoms with E-state index in [1.165, 1.54) is 38.5 Å². The summed E-state index contributed by atoms with van der Waals surface area (Å²) in [5.74, 6) is 0. The number of aryl methyl sites for hydroxylation is 8. The quantitative estimate of drug-likeness (QED) is 0.0268. The maximum atomic E-state index is 9.87. The van der Waals surface area contributed by atoms with Gasteiger partial charge >= 0.3 is 111 Å². The minimum absolute atomic E-state index is 0. The molecule has 54 heavy (non-hydrogen) atoms. The minimum Gasteiger partial charge on any atom is 1.00 e. The van der Waals surface area contributed by atoms with Gasteiger partial charge in [-0.05, 0) is 116 Å². The summed E-state index contributed by atoms with van der Waals surface area (Å²) in [4.78, 5) is 0. The maximum absolute atomic E-state index is 10.7. The van der Waals surface area contributed by atoms with E-state index >= 15 is 0 Å². The fraction of sp³-hybridized carbons (Fsp3) is 0.600. The summed E-state index contributed by atoms with van der Waals surface area (Å²) in [7, 11) is -21.3. The molecule has 0 radical (unpaired) electrons. The Hall–Kier alpha value is -1.66. The molecule has 0 saturated heterocycles. The Morgan fingerprint density at radius 3 is 0.667 bits per heavy atom. The summed E-state index contributed by atoms with van der Waals surface area (Å²) in [5.41, 5.74) is 0. The molecule has 0 aliphatic heterocycles. The molecule has 324 valence electrons. The van der Waals surface area contributed by atoms with Gasteiger partial charge in [0.05, 0.1) is 52.4 Å². The van der Waals surface area contributed by atoms with E-state index < -0.39 is 15.6 Å². The Morgan fingerprint density at radius 1 is 0.370 bits per heavy atom. The fourth-order valence-electron chi connectivity index (χ4n) is 4.26. The largest absolute Gasteiger partial charge is 1.00 e. The van der Waals surface area contributed by atoms with E-state index in [1.54, 1.807) is 0 Å². The zero-order valence-electron chi connectivity index (χ0n) is 30.1. The van der Waals surface area contributed by atoms with Gasteiger partial charge in [-0.2, -0.15) is 0 Å². The van der Waals surface area contributed by atoms with Gasteiger partial charge in [-0.3, -0.25) is 0 Å². The summed E-state index contributed by atoms with van der Waals surface area (Å²) >= 11 is 0. The molecule has 0 unspecified atom stereocenters. The fourth-order valence-corrected chi connectivity index (χ4v) is 4.26. The predicted molar refractivity (Wildman–Crippen MR) is 171 cm³/mol. The number of aromatic nitrogens is 8. The predicted octanol–water partition coefficient (Wildman–Crippen LogP) is 9.51. The third-order valence-corrected chi connectivity index (χ3v) is 6.69. The maximum Gasteiger partial charge on any atom is 1.00 e. The first kappa shape index (κ1) is 54.4. The van der Waals surface area contributed by atoms with E-state index in [9.17, 15) is 50.4 Å². The number of unbranched alkanes of at least 4 members (excludes halogenated alkanes) is 4. The van der Waals surface area contributed by atoms with Crippen molar-refractivity contribution in [2.75, 3.05) is 0 Å². The van der Waals surface area contributed by atoms with Crippen LogP contribution in [0.25, 0.3) is 0 Å². The number of imidazole rings is 4. The monoisotopic (exact) mass is 1020 g/mol. The summed E-state index contributed by atoms with van der Waals surface area (Å²) in [6, 6.07) is 0. The summed E-state index contributed by atoms with van der Waals surface area (Å²) in [6.45, 7) is 16.8. The number of nitrogens with zero attached hydrogens (tertiary/aromatic N) is 8. The van der Waals surface area contributed by atoms with Crippen molar-refractivity contribution >= 4 is 15.6 Å². The van der Waals surface area contributed by atoms with Gasteiger partial charge in [0.2, 0.25) is 25.3 Å². The molecule has 0 aliphatic rings. The Morgan fingerprint density at radius 2 is 0.537 bits per heavy atom. The third kappa shape index (κ3) is 36.0. The van der Waals surface area contributed by atoms with Crippen LogP contribution in [0.15, 0.2) is 49.6 Å². The van der Waals surface area contributed by atoms with E-state index in [0.29, 0.717) is 0 Å². The molecule has 4 aromatic heterocycles. The molecule has 0 N–H and O–H groups in total. The third-order valence-electron chi connectivity index (χ3n) is 6.69. The Kier molecular flexibility index (Phi) is 21.4. The van der Waals surface area contributed by atoms with Gasteiger partial charge in [0, 0.05) is 0 Å². The van der Waals surface area contributed by atoms with Crippen molar-refractivity contribution in [2.45, 2.75) is 119 Å². The molecule has 4 rings (SSSR count). The Bertz CT molecular complexity index is 1380. The van der Waals surface area contributed by atoms with E-state index in [-0.39, 0.29) is 44.8 Å². The number of hydrogen-bond acceptors (Lipinski definition) is 0. The molecule has 0 aliphatic carbocycles. The van der Waals surface area contributed by atoms with Gasteiger partial charge in [-0.15, -0.1) is 0 Å². The van der Waals surface area contributed by atoms with Crippen molar-refractivity contribution in [3.63, 3.8) is 0 Å². The second kappa shape index (κ2) is 21.2. The number of hydrogen-bond donors (Lipinski definition) is 0. The first-order valence-corrected chi connectivity index (χ1v) is 20.6. The van der Waals surface area contributed by atoms with Gasteiger partial charge in [-0.1, -0.05) is 0 Å². The molecule has 0 fully saturated rings. The molecule has 0 atom stereocenters. The molecule has 0 amide bonds. The summed E-state index contributed by atoms with van der Waals surface area (Å²) in [6.07, 6.45) is 37.3. The zero-order chi connectivity index (χ0) is 39.8. The Balaban J connectivity index is 0. The van der Waals surface area contributed by atoms with Gasteiger partial charge in [0.15, 0.2) is 0 Å². The van der Waals surface area contributed by atoms with Crippen molar-refractivity contribution < 1.29 is 113 Å². The topological polar surface area (TPSA) is 35.2 Å². The smallest absolute Gasteiger partial charge is 1.00 e. The average molecular weight is 1030 g/mol. The van der Waals surface area contributed by atoms with Crippen LogP contribution in [0.3, 0.4) is 0 Å². The zero-order valence-corrected chi connectivity index (χ0v) is 34.9. The Labute approximate surface area is 339 Å². The normalized spacial score (nSPS) is 13.8. The second-order valence-corrected chi connectivity index (χ2v) is 15.4. The van der Waals surface area contributed by atoms with Gasteiger partial charge in [0.25, 0.3) is 0 Å². The van der Waals surface area contributed by atoms with Crippen LogP contribution in [-0.2, 0) is 97.1 Å². The molecular weight excluding hydrogens is 978 g/mol. The average Bonchev–Trinajstić information content (AvgIpc) is 3.81. The molecule has 4 heterocycles. The van der Waals surface area contributed by atoms with Crippen LogP contribution in [0.1, 0.15) is 66.2 Å². The van der Waals surface area contributed by atoms with Crippen LogP contribution in [0, 0.1) is 25.3 Å². The van der Waals surface area contributed by atoms with Crippen LogP contribution in [-0.4, -0.2) is 18.3 Å². The molecule has 4 aromatic rings. The first-order valence-electron chi connectivity index (χ1n) is 16.6. The van der Waals surface area contributed by atoms with Gasteiger partial charge < -0.3 is 36.5 Å². The van der Waals surface area contributed by atoms with E-state index in [2.05, 4.69) is 139 Å². The van der Waals surface area contributed by atoms with Crippen molar-refractivity contribution in [3.05, 3.63) is 74.9 Å². The van der Waals surface area contributed by atoms with Gasteiger partial charge in [0.1, 0.15) is 0 Å². The summed E-state index contributed by atoms with van der Waals surface area (Å²) < 4.78 is 135.